The number of hydrogen-bond acceptors (Lipinski definition) is 3. The molecule has 1 aliphatic rings. The highest BCUT2D eigenvalue weighted by Gasteiger charge is 2.42. The maximum Gasteiger partial charge on any atom is 0.143 e. The number of likely N-dealkylation sites (tertiary alicyclic amines) is 1. The topological polar surface area (TPSA) is 32.7 Å². The standard InChI is InChI=1S/C28H33NO2/c1-27(2,3)29-20-26(30)19-25(29)21-31-28(22-13-7-4-8-14-22,23-15-9-5-10-16-23)24-17-11-6-12-18-24/h4-18,25-26,30H,19-21H2,1-3H3/t25-,26+/m0/s1. The van der Waals surface area contributed by atoms with Gasteiger partial charge in [0.25, 0.3) is 0 Å². The van der Waals surface area contributed by atoms with Crippen molar-refractivity contribution in [2.75, 3.05) is 13.2 Å². The minimum absolute atomic E-state index is 0.0274. The van der Waals surface area contributed by atoms with E-state index in [0.717, 1.165) is 23.1 Å². The molecule has 2 atom stereocenters. The Labute approximate surface area is 186 Å². The Bertz CT molecular complexity index is 854. The normalized spacial score (nSPS) is 20.1. The summed E-state index contributed by atoms with van der Waals surface area (Å²) in [5.41, 5.74) is 2.57. The third-order valence-electron chi connectivity index (χ3n) is 6.29. The van der Waals surface area contributed by atoms with Gasteiger partial charge >= 0.3 is 0 Å². The molecule has 3 aromatic carbocycles. The predicted molar refractivity (Wildman–Crippen MR) is 126 cm³/mol. The lowest BCUT2D eigenvalue weighted by Crippen LogP contribution is -2.48. The zero-order chi connectivity index (χ0) is 21.9. The third kappa shape index (κ3) is 4.45. The molecule has 31 heavy (non-hydrogen) atoms. The van der Waals surface area contributed by atoms with Crippen molar-refractivity contribution in [3.05, 3.63) is 108 Å². The average Bonchev–Trinajstić information content (AvgIpc) is 3.18. The van der Waals surface area contributed by atoms with Gasteiger partial charge in [-0.15, -0.1) is 0 Å². The molecular weight excluding hydrogens is 382 g/mol. The van der Waals surface area contributed by atoms with Gasteiger partial charge in [0.15, 0.2) is 0 Å². The lowest BCUT2D eigenvalue weighted by molar-refractivity contribution is -0.0299. The summed E-state index contributed by atoms with van der Waals surface area (Å²) in [7, 11) is 0. The van der Waals surface area contributed by atoms with Gasteiger partial charge < -0.3 is 9.84 Å². The van der Waals surface area contributed by atoms with Crippen LogP contribution in [0.25, 0.3) is 0 Å². The molecule has 0 aromatic heterocycles. The van der Waals surface area contributed by atoms with Crippen molar-refractivity contribution in [3.63, 3.8) is 0 Å². The van der Waals surface area contributed by atoms with E-state index in [9.17, 15) is 5.11 Å². The Kier molecular flexibility index (Phi) is 6.29. The molecular formula is C28H33NO2. The molecule has 0 saturated carbocycles. The number of β-amino-alcohol motifs (C(OH)–C–C–N with tert-alkyl or cyclic N) is 1. The Balaban J connectivity index is 1.79. The summed E-state index contributed by atoms with van der Waals surface area (Å²) in [5.74, 6) is 0. The van der Waals surface area contributed by atoms with Crippen molar-refractivity contribution in [2.24, 2.45) is 0 Å². The van der Waals surface area contributed by atoms with Crippen molar-refractivity contribution in [3.8, 4) is 0 Å². The summed E-state index contributed by atoms with van der Waals surface area (Å²) in [5, 5.41) is 10.4. The second-order valence-electron chi connectivity index (χ2n) is 9.46. The van der Waals surface area contributed by atoms with Crippen LogP contribution in [0.5, 0.6) is 0 Å². The smallest absolute Gasteiger partial charge is 0.143 e. The van der Waals surface area contributed by atoms with Gasteiger partial charge in [-0.3, -0.25) is 4.90 Å². The maximum absolute atomic E-state index is 10.4. The fourth-order valence-electron chi connectivity index (χ4n) is 4.86. The van der Waals surface area contributed by atoms with E-state index in [4.69, 9.17) is 4.74 Å². The third-order valence-corrected chi connectivity index (χ3v) is 6.29. The number of ether oxygens (including phenoxy) is 1. The summed E-state index contributed by atoms with van der Waals surface area (Å²) < 4.78 is 6.99. The highest BCUT2D eigenvalue weighted by Crippen LogP contribution is 2.41. The quantitative estimate of drug-likeness (QED) is 0.560. The number of nitrogens with zero attached hydrogens (tertiary/aromatic N) is 1. The van der Waals surface area contributed by atoms with Crippen LogP contribution in [-0.2, 0) is 10.3 Å². The van der Waals surface area contributed by atoms with Gasteiger partial charge in [0.05, 0.1) is 12.7 Å². The highest BCUT2D eigenvalue weighted by atomic mass is 16.5. The van der Waals surface area contributed by atoms with Crippen molar-refractivity contribution in [1.82, 2.24) is 4.90 Å². The molecule has 0 unspecified atom stereocenters. The molecule has 0 radical (unpaired) electrons. The minimum Gasteiger partial charge on any atom is -0.392 e. The molecule has 3 heteroatoms. The molecule has 0 aliphatic carbocycles. The van der Waals surface area contributed by atoms with Crippen LogP contribution < -0.4 is 0 Å². The summed E-state index contributed by atoms with van der Waals surface area (Å²) >= 11 is 0. The zero-order valence-electron chi connectivity index (χ0n) is 18.7. The number of hydrogen-bond donors (Lipinski definition) is 1. The van der Waals surface area contributed by atoms with E-state index < -0.39 is 5.60 Å². The van der Waals surface area contributed by atoms with Crippen LogP contribution >= 0.6 is 0 Å². The van der Waals surface area contributed by atoms with Gasteiger partial charge in [0.1, 0.15) is 5.60 Å². The zero-order valence-corrected chi connectivity index (χ0v) is 18.7. The molecule has 1 aliphatic heterocycles. The molecule has 162 valence electrons. The first-order valence-electron chi connectivity index (χ1n) is 11.2. The van der Waals surface area contributed by atoms with Crippen LogP contribution in [0.4, 0.5) is 0 Å². The first-order chi connectivity index (χ1) is 14.9. The maximum atomic E-state index is 10.4. The predicted octanol–water partition coefficient (Wildman–Crippen LogP) is 5.23. The fraction of sp³-hybridized carbons (Fsp3) is 0.357. The summed E-state index contributed by atoms with van der Waals surface area (Å²) in [6, 6.07) is 31.6. The number of benzene rings is 3. The van der Waals surface area contributed by atoms with Crippen LogP contribution in [0, 0.1) is 0 Å². The second-order valence-corrected chi connectivity index (χ2v) is 9.46. The van der Waals surface area contributed by atoms with E-state index in [1.165, 1.54) is 0 Å². The Morgan fingerprint density at radius 1 is 0.774 bits per heavy atom. The number of aliphatic hydroxyl groups is 1. The summed E-state index contributed by atoms with van der Waals surface area (Å²) in [4.78, 5) is 2.38. The van der Waals surface area contributed by atoms with Crippen molar-refractivity contribution in [1.29, 1.82) is 0 Å². The summed E-state index contributed by atoms with van der Waals surface area (Å²) in [6.45, 7) is 7.84. The average molecular weight is 416 g/mol. The largest absolute Gasteiger partial charge is 0.392 e. The van der Waals surface area contributed by atoms with Crippen LogP contribution in [0.1, 0.15) is 43.9 Å². The van der Waals surface area contributed by atoms with E-state index in [-0.39, 0.29) is 17.7 Å². The highest BCUT2D eigenvalue weighted by molar-refractivity contribution is 5.47. The van der Waals surface area contributed by atoms with Gasteiger partial charge in [-0.2, -0.15) is 0 Å². The molecule has 0 bridgehead atoms. The van der Waals surface area contributed by atoms with Crippen molar-refractivity contribution in [2.45, 2.75) is 50.5 Å². The molecule has 3 aromatic rings. The van der Waals surface area contributed by atoms with Gasteiger partial charge in [-0.05, 0) is 43.9 Å². The molecule has 0 amide bonds. The van der Waals surface area contributed by atoms with Crippen LogP contribution in [-0.4, -0.2) is 40.8 Å². The number of rotatable bonds is 6. The molecule has 1 N–H and O–H groups in total. The van der Waals surface area contributed by atoms with Gasteiger partial charge in [-0.1, -0.05) is 91.0 Å². The van der Waals surface area contributed by atoms with E-state index >= 15 is 0 Å². The van der Waals surface area contributed by atoms with Gasteiger partial charge in [0, 0.05) is 18.1 Å². The van der Waals surface area contributed by atoms with E-state index in [0.29, 0.717) is 13.2 Å². The van der Waals surface area contributed by atoms with Crippen molar-refractivity contribution < 1.29 is 9.84 Å². The van der Waals surface area contributed by atoms with Crippen LogP contribution in [0.2, 0.25) is 0 Å². The lowest BCUT2D eigenvalue weighted by Gasteiger charge is -2.40. The van der Waals surface area contributed by atoms with Gasteiger partial charge in [0.2, 0.25) is 0 Å². The Morgan fingerprint density at radius 3 is 1.58 bits per heavy atom. The molecule has 1 saturated heterocycles. The fourth-order valence-corrected chi connectivity index (χ4v) is 4.86. The van der Waals surface area contributed by atoms with Crippen molar-refractivity contribution >= 4 is 0 Å². The van der Waals surface area contributed by atoms with E-state index in [2.05, 4.69) is 98.5 Å². The lowest BCUT2D eigenvalue weighted by atomic mass is 9.80. The molecule has 0 spiro atoms. The SMILES string of the molecule is CC(C)(C)N1C[C@H](O)C[C@H]1COC(c1ccccc1)(c1ccccc1)c1ccccc1. The van der Waals surface area contributed by atoms with E-state index in [1.54, 1.807) is 0 Å². The van der Waals surface area contributed by atoms with Crippen LogP contribution in [0.3, 0.4) is 0 Å². The molecule has 1 fully saturated rings. The molecule has 4 rings (SSSR count). The number of aliphatic hydroxyl groups excluding tert-OH is 1. The Morgan fingerprint density at radius 2 is 1.19 bits per heavy atom. The minimum atomic E-state index is -0.721. The molecule has 3 nitrogen and oxygen atoms in total. The molecule has 1 heterocycles. The van der Waals surface area contributed by atoms with Gasteiger partial charge in [-0.25, -0.2) is 0 Å². The summed E-state index contributed by atoms with van der Waals surface area (Å²) in [6.07, 6.45) is 0.415. The first kappa shape index (κ1) is 21.8. The second kappa shape index (κ2) is 8.96. The van der Waals surface area contributed by atoms with Crippen LogP contribution in [0.15, 0.2) is 91.0 Å². The Hall–Kier alpha value is -2.46. The first-order valence-corrected chi connectivity index (χ1v) is 11.2. The van der Waals surface area contributed by atoms with E-state index in [1.807, 2.05) is 18.2 Å². The monoisotopic (exact) mass is 415 g/mol.